The van der Waals surface area contributed by atoms with Crippen molar-refractivity contribution in [1.82, 2.24) is 9.97 Å². The fourth-order valence-electron chi connectivity index (χ4n) is 1.71. The standard InChI is InChI=1S/C13H17N3S/c1-8(2)6-10-7-12(14)16-13(15-10)11-5-4-9(3)17-11/h4-5,7-8H,6H2,1-3H3,(H2,14,15,16). The Morgan fingerprint density at radius 1 is 1.29 bits per heavy atom. The van der Waals surface area contributed by atoms with E-state index < -0.39 is 0 Å². The average molecular weight is 247 g/mol. The van der Waals surface area contributed by atoms with Crippen LogP contribution in [0.2, 0.25) is 0 Å². The van der Waals surface area contributed by atoms with Gasteiger partial charge in [0.25, 0.3) is 0 Å². The van der Waals surface area contributed by atoms with Crippen LogP contribution in [0.1, 0.15) is 24.4 Å². The van der Waals surface area contributed by atoms with E-state index >= 15 is 0 Å². The molecule has 0 saturated carbocycles. The quantitative estimate of drug-likeness (QED) is 0.905. The molecule has 90 valence electrons. The van der Waals surface area contributed by atoms with E-state index in [1.807, 2.05) is 12.1 Å². The van der Waals surface area contributed by atoms with Crippen LogP contribution in [0.3, 0.4) is 0 Å². The molecule has 0 radical (unpaired) electrons. The van der Waals surface area contributed by atoms with Gasteiger partial charge in [-0.05, 0) is 31.4 Å². The number of nitrogen functional groups attached to an aromatic ring is 1. The van der Waals surface area contributed by atoms with Crippen LogP contribution in [-0.2, 0) is 6.42 Å². The predicted octanol–water partition coefficient (Wildman–Crippen LogP) is 3.29. The lowest BCUT2D eigenvalue weighted by Crippen LogP contribution is -2.02. The molecule has 0 saturated heterocycles. The van der Waals surface area contributed by atoms with E-state index in [9.17, 15) is 0 Å². The fourth-order valence-corrected chi connectivity index (χ4v) is 2.51. The lowest BCUT2D eigenvalue weighted by atomic mass is 10.1. The maximum atomic E-state index is 5.83. The van der Waals surface area contributed by atoms with Crippen molar-refractivity contribution in [1.29, 1.82) is 0 Å². The van der Waals surface area contributed by atoms with E-state index in [4.69, 9.17) is 5.73 Å². The van der Waals surface area contributed by atoms with Gasteiger partial charge in [-0.15, -0.1) is 11.3 Å². The van der Waals surface area contributed by atoms with Gasteiger partial charge in [0, 0.05) is 16.6 Å². The molecular formula is C13H17N3S. The van der Waals surface area contributed by atoms with Crippen LogP contribution in [0.4, 0.5) is 5.82 Å². The molecule has 0 aliphatic heterocycles. The van der Waals surface area contributed by atoms with Crippen molar-refractivity contribution >= 4 is 17.2 Å². The Hall–Kier alpha value is -1.42. The first-order valence-corrected chi connectivity index (χ1v) is 6.56. The monoisotopic (exact) mass is 247 g/mol. The van der Waals surface area contributed by atoms with Crippen molar-refractivity contribution in [2.45, 2.75) is 27.2 Å². The van der Waals surface area contributed by atoms with Crippen LogP contribution in [0, 0.1) is 12.8 Å². The van der Waals surface area contributed by atoms with Gasteiger partial charge in [-0.2, -0.15) is 0 Å². The zero-order valence-corrected chi connectivity index (χ0v) is 11.2. The topological polar surface area (TPSA) is 51.8 Å². The van der Waals surface area contributed by atoms with Crippen LogP contribution in [0.25, 0.3) is 10.7 Å². The van der Waals surface area contributed by atoms with Gasteiger partial charge in [-0.1, -0.05) is 13.8 Å². The molecule has 4 heteroatoms. The van der Waals surface area contributed by atoms with Gasteiger partial charge >= 0.3 is 0 Å². The van der Waals surface area contributed by atoms with Gasteiger partial charge in [0.2, 0.25) is 0 Å². The average Bonchev–Trinajstić information content (AvgIpc) is 2.62. The van der Waals surface area contributed by atoms with Crippen molar-refractivity contribution in [3.8, 4) is 10.7 Å². The number of hydrogen-bond acceptors (Lipinski definition) is 4. The van der Waals surface area contributed by atoms with Crippen LogP contribution in [0.5, 0.6) is 0 Å². The lowest BCUT2D eigenvalue weighted by molar-refractivity contribution is 0.635. The Morgan fingerprint density at radius 2 is 2.06 bits per heavy atom. The van der Waals surface area contributed by atoms with Crippen LogP contribution >= 0.6 is 11.3 Å². The van der Waals surface area contributed by atoms with E-state index in [2.05, 4.69) is 36.8 Å². The molecule has 0 fully saturated rings. The Morgan fingerprint density at radius 3 is 2.65 bits per heavy atom. The fraction of sp³-hybridized carbons (Fsp3) is 0.385. The summed E-state index contributed by atoms with van der Waals surface area (Å²) in [6.07, 6.45) is 0.935. The van der Waals surface area contributed by atoms with Crippen molar-refractivity contribution in [3.63, 3.8) is 0 Å². The van der Waals surface area contributed by atoms with Crippen molar-refractivity contribution in [3.05, 3.63) is 28.8 Å². The number of hydrogen-bond donors (Lipinski definition) is 1. The number of rotatable bonds is 3. The molecule has 2 rings (SSSR count). The first-order chi connectivity index (χ1) is 8.04. The Balaban J connectivity index is 2.37. The first-order valence-electron chi connectivity index (χ1n) is 5.75. The van der Waals surface area contributed by atoms with Crippen LogP contribution in [-0.4, -0.2) is 9.97 Å². The SMILES string of the molecule is Cc1ccc(-c2nc(N)cc(CC(C)C)n2)s1. The summed E-state index contributed by atoms with van der Waals surface area (Å²) in [6, 6.07) is 5.99. The van der Waals surface area contributed by atoms with Gasteiger partial charge in [0.1, 0.15) is 5.82 Å². The highest BCUT2D eigenvalue weighted by atomic mass is 32.1. The number of nitrogens with zero attached hydrogens (tertiary/aromatic N) is 2. The molecule has 0 spiro atoms. The molecule has 0 aliphatic rings. The van der Waals surface area contributed by atoms with Crippen molar-refractivity contribution in [2.75, 3.05) is 5.73 Å². The third-order valence-electron chi connectivity index (χ3n) is 2.38. The molecule has 0 bridgehead atoms. The van der Waals surface area contributed by atoms with E-state index in [1.165, 1.54) is 4.88 Å². The first kappa shape index (κ1) is 12.0. The van der Waals surface area contributed by atoms with Crippen LogP contribution < -0.4 is 5.73 Å². The molecule has 17 heavy (non-hydrogen) atoms. The molecule has 2 heterocycles. The van der Waals surface area contributed by atoms with E-state index in [0.29, 0.717) is 11.7 Å². The summed E-state index contributed by atoms with van der Waals surface area (Å²) < 4.78 is 0. The summed E-state index contributed by atoms with van der Waals surface area (Å²) >= 11 is 1.70. The van der Waals surface area contributed by atoms with Gasteiger partial charge in [-0.3, -0.25) is 0 Å². The second-order valence-corrected chi connectivity index (χ2v) is 5.90. The molecule has 3 nitrogen and oxygen atoms in total. The van der Waals surface area contributed by atoms with Crippen molar-refractivity contribution in [2.24, 2.45) is 5.92 Å². The maximum Gasteiger partial charge on any atom is 0.171 e. The van der Waals surface area contributed by atoms with E-state index in [-0.39, 0.29) is 0 Å². The number of thiophene rings is 1. The molecule has 0 unspecified atom stereocenters. The van der Waals surface area contributed by atoms with Gasteiger partial charge in [-0.25, -0.2) is 9.97 Å². The number of nitrogens with two attached hydrogens (primary N) is 1. The molecule has 2 aromatic heterocycles. The Kier molecular flexibility index (Phi) is 3.43. The third kappa shape index (κ3) is 3.03. The predicted molar refractivity (Wildman–Crippen MR) is 73.0 cm³/mol. The van der Waals surface area contributed by atoms with Crippen molar-refractivity contribution < 1.29 is 0 Å². The van der Waals surface area contributed by atoms with Gasteiger partial charge < -0.3 is 5.73 Å². The van der Waals surface area contributed by atoms with Crippen LogP contribution in [0.15, 0.2) is 18.2 Å². The Bertz CT molecular complexity index is 517. The van der Waals surface area contributed by atoms with Gasteiger partial charge in [0.05, 0.1) is 4.88 Å². The summed E-state index contributed by atoms with van der Waals surface area (Å²) in [5.41, 5.74) is 6.85. The zero-order valence-electron chi connectivity index (χ0n) is 10.4. The minimum Gasteiger partial charge on any atom is -0.384 e. The molecule has 2 N–H and O–H groups in total. The maximum absolute atomic E-state index is 5.83. The minimum absolute atomic E-state index is 0.553. The summed E-state index contributed by atoms with van der Waals surface area (Å²) in [5, 5.41) is 0. The van der Waals surface area contributed by atoms with E-state index in [0.717, 1.165) is 22.8 Å². The summed E-state index contributed by atoms with van der Waals surface area (Å²) in [4.78, 5) is 11.2. The minimum atomic E-state index is 0.553. The summed E-state index contributed by atoms with van der Waals surface area (Å²) in [6.45, 7) is 6.43. The normalized spacial score (nSPS) is 11.1. The second-order valence-electron chi connectivity index (χ2n) is 4.62. The molecule has 2 aromatic rings. The highest BCUT2D eigenvalue weighted by Crippen LogP contribution is 2.25. The molecule has 0 aliphatic carbocycles. The number of aromatic nitrogens is 2. The number of aryl methyl sites for hydroxylation is 1. The summed E-state index contributed by atoms with van der Waals surface area (Å²) in [7, 11) is 0. The Labute approximate surface area is 106 Å². The second kappa shape index (κ2) is 4.84. The highest BCUT2D eigenvalue weighted by Gasteiger charge is 2.08. The lowest BCUT2D eigenvalue weighted by Gasteiger charge is -2.06. The highest BCUT2D eigenvalue weighted by molar-refractivity contribution is 7.15. The largest absolute Gasteiger partial charge is 0.384 e. The van der Waals surface area contributed by atoms with E-state index in [1.54, 1.807) is 11.3 Å². The molecule has 0 atom stereocenters. The molecule has 0 amide bonds. The zero-order chi connectivity index (χ0) is 12.4. The number of anilines is 1. The smallest absolute Gasteiger partial charge is 0.171 e. The molecular weight excluding hydrogens is 230 g/mol. The third-order valence-corrected chi connectivity index (χ3v) is 3.37. The molecule has 0 aromatic carbocycles. The van der Waals surface area contributed by atoms with Gasteiger partial charge in [0.15, 0.2) is 5.82 Å². The summed E-state index contributed by atoms with van der Waals surface area (Å²) in [5.74, 6) is 1.87.